The predicted octanol–water partition coefficient (Wildman–Crippen LogP) is 1.54. The summed E-state index contributed by atoms with van der Waals surface area (Å²) < 4.78 is 25.7. The third-order valence-electron chi connectivity index (χ3n) is 2.62. The van der Waals surface area contributed by atoms with Crippen LogP contribution in [-0.2, 0) is 11.3 Å². The molecule has 4 nitrogen and oxygen atoms in total. The minimum Gasteiger partial charge on any atom is -0.351 e. The first-order valence-corrected chi connectivity index (χ1v) is 5.35. The molecular formula is C11H15Cl2F2N3O. The Morgan fingerprint density at radius 2 is 2.26 bits per heavy atom. The number of carbonyl (C=O) groups excluding carboxylic acids is 1. The number of halogens is 4. The van der Waals surface area contributed by atoms with E-state index in [-0.39, 0.29) is 24.8 Å². The van der Waals surface area contributed by atoms with Gasteiger partial charge in [-0.2, -0.15) is 0 Å². The van der Waals surface area contributed by atoms with Crippen LogP contribution >= 0.6 is 24.8 Å². The number of amides is 1. The largest absolute Gasteiger partial charge is 0.351 e. The Balaban J connectivity index is 0.00000162. The molecule has 19 heavy (non-hydrogen) atoms. The third kappa shape index (κ3) is 5.26. The topological polar surface area (TPSA) is 54.0 Å². The zero-order chi connectivity index (χ0) is 12.3. The van der Waals surface area contributed by atoms with Gasteiger partial charge in [0.25, 0.3) is 5.92 Å². The molecule has 1 aliphatic rings. The summed E-state index contributed by atoms with van der Waals surface area (Å²) in [7, 11) is 0. The van der Waals surface area contributed by atoms with E-state index in [4.69, 9.17) is 0 Å². The van der Waals surface area contributed by atoms with Gasteiger partial charge in [0, 0.05) is 25.4 Å². The van der Waals surface area contributed by atoms with Gasteiger partial charge >= 0.3 is 0 Å². The lowest BCUT2D eigenvalue weighted by Crippen LogP contribution is -2.40. The summed E-state index contributed by atoms with van der Waals surface area (Å²) in [5.41, 5.74) is 0.839. The molecule has 2 N–H and O–H groups in total. The molecule has 2 heterocycles. The van der Waals surface area contributed by atoms with Gasteiger partial charge < -0.3 is 5.32 Å². The van der Waals surface area contributed by atoms with E-state index in [1.807, 2.05) is 6.07 Å². The Bertz CT molecular complexity index is 406. The Labute approximate surface area is 122 Å². The van der Waals surface area contributed by atoms with Crippen LogP contribution in [0.3, 0.4) is 0 Å². The van der Waals surface area contributed by atoms with Crippen molar-refractivity contribution in [3.63, 3.8) is 0 Å². The van der Waals surface area contributed by atoms with Gasteiger partial charge in [-0.05, 0) is 11.6 Å². The lowest BCUT2D eigenvalue weighted by molar-refractivity contribution is -0.123. The SMILES string of the molecule is Cl.Cl.O=C(NCc1cccnc1)C1CC(F)(F)CN1. The van der Waals surface area contributed by atoms with Crippen LogP contribution in [0.2, 0.25) is 0 Å². The van der Waals surface area contributed by atoms with E-state index < -0.39 is 30.8 Å². The zero-order valence-electron chi connectivity index (χ0n) is 9.94. The molecule has 2 rings (SSSR count). The van der Waals surface area contributed by atoms with Crippen molar-refractivity contribution in [1.82, 2.24) is 15.6 Å². The molecule has 1 aliphatic heterocycles. The molecule has 1 aromatic heterocycles. The van der Waals surface area contributed by atoms with Crippen LogP contribution in [0, 0.1) is 0 Å². The number of nitrogens with zero attached hydrogens (tertiary/aromatic N) is 1. The van der Waals surface area contributed by atoms with Crippen LogP contribution in [0.25, 0.3) is 0 Å². The fraction of sp³-hybridized carbons (Fsp3) is 0.455. The summed E-state index contributed by atoms with van der Waals surface area (Å²) in [6.45, 7) is -0.131. The van der Waals surface area contributed by atoms with Crippen molar-refractivity contribution in [2.24, 2.45) is 0 Å². The summed E-state index contributed by atoms with van der Waals surface area (Å²) in [6, 6.07) is 2.76. The van der Waals surface area contributed by atoms with E-state index in [1.165, 1.54) is 0 Å². The van der Waals surface area contributed by atoms with Gasteiger partial charge in [0.2, 0.25) is 5.91 Å². The summed E-state index contributed by atoms with van der Waals surface area (Å²) in [4.78, 5) is 15.5. The first-order chi connectivity index (χ1) is 8.07. The maximum atomic E-state index is 12.9. The first kappa shape index (κ1) is 18.0. The van der Waals surface area contributed by atoms with Crippen LogP contribution in [-0.4, -0.2) is 29.4 Å². The molecule has 0 aromatic carbocycles. The normalized spacial score (nSPS) is 20.0. The van der Waals surface area contributed by atoms with Gasteiger partial charge in [-0.3, -0.25) is 15.1 Å². The van der Waals surface area contributed by atoms with Gasteiger partial charge in [0.05, 0.1) is 12.6 Å². The highest BCUT2D eigenvalue weighted by Crippen LogP contribution is 2.24. The van der Waals surface area contributed by atoms with E-state index in [0.29, 0.717) is 6.54 Å². The Kier molecular flexibility index (Phi) is 7.18. The Hall–Kier alpha value is -0.980. The summed E-state index contributed by atoms with van der Waals surface area (Å²) in [5, 5.41) is 5.11. The zero-order valence-corrected chi connectivity index (χ0v) is 11.6. The number of aromatic nitrogens is 1. The fourth-order valence-corrected chi connectivity index (χ4v) is 1.72. The van der Waals surface area contributed by atoms with Crippen molar-refractivity contribution in [1.29, 1.82) is 0 Å². The monoisotopic (exact) mass is 313 g/mol. The van der Waals surface area contributed by atoms with Crippen molar-refractivity contribution in [3.05, 3.63) is 30.1 Å². The standard InChI is InChI=1S/C11H13F2N3O.2ClH/c12-11(13)4-9(16-7-11)10(17)15-6-8-2-1-3-14-5-8;;/h1-3,5,9,16H,4,6-7H2,(H,15,17);2*1H. The molecule has 1 atom stereocenters. The van der Waals surface area contributed by atoms with E-state index in [1.54, 1.807) is 18.5 Å². The number of carbonyl (C=O) groups is 1. The van der Waals surface area contributed by atoms with E-state index in [2.05, 4.69) is 15.6 Å². The van der Waals surface area contributed by atoms with Gasteiger partial charge in [0.1, 0.15) is 0 Å². The lowest BCUT2D eigenvalue weighted by Gasteiger charge is -2.10. The number of pyridine rings is 1. The lowest BCUT2D eigenvalue weighted by atomic mass is 10.2. The van der Waals surface area contributed by atoms with Gasteiger partial charge in [-0.25, -0.2) is 8.78 Å². The minimum atomic E-state index is -2.78. The van der Waals surface area contributed by atoms with Crippen LogP contribution in [0.1, 0.15) is 12.0 Å². The number of alkyl halides is 2. The maximum Gasteiger partial charge on any atom is 0.262 e. The molecule has 1 fully saturated rings. The van der Waals surface area contributed by atoms with Gasteiger partial charge in [-0.15, -0.1) is 24.8 Å². The summed E-state index contributed by atoms with van der Waals surface area (Å²) >= 11 is 0. The molecule has 1 amide bonds. The smallest absolute Gasteiger partial charge is 0.262 e. The van der Waals surface area contributed by atoms with Crippen LogP contribution in [0.4, 0.5) is 8.78 Å². The van der Waals surface area contributed by atoms with Crippen molar-refractivity contribution >= 4 is 30.7 Å². The Morgan fingerprint density at radius 1 is 1.53 bits per heavy atom. The second kappa shape index (κ2) is 7.57. The number of nitrogens with one attached hydrogen (secondary N) is 2. The molecule has 0 radical (unpaired) electrons. The third-order valence-corrected chi connectivity index (χ3v) is 2.62. The van der Waals surface area contributed by atoms with Crippen molar-refractivity contribution in [2.75, 3.05) is 6.54 Å². The predicted molar refractivity (Wildman–Crippen MR) is 71.9 cm³/mol. The molecule has 0 spiro atoms. The fourth-order valence-electron chi connectivity index (χ4n) is 1.72. The average molecular weight is 314 g/mol. The quantitative estimate of drug-likeness (QED) is 0.890. The number of hydrogen-bond donors (Lipinski definition) is 2. The highest BCUT2D eigenvalue weighted by Gasteiger charge is 2.42. The van der Waals surface area contributed by atoms with Crippen molar-refractivity contribution < 1.29 is 13.6 Å². The highest BCUT2D eigenvalue weighted by atomic mass is 35.5. The molecule has 1 aromatic rings. The van der Waals surface area contributed by atoms with E-state index >= 15 is 0 Å². The molecule has 1 saturated heterocycles. The maximum absolute atomic E-state index is 12.9. The molecule has 0 aliphatic carbocycles. The number of rotatable bonds is 3. The van der Waals surface area contributed by atoms with E-state index in [0.717, 1.165) is 5.56 Å². The van der Waals surface area contributed by atoms with Crippen LogP contribution < -0.4 is 10.6 Å². The highest BCUT2D eigenvalue weighted by molar-refractivity contribution is 5.85. The van der Waals surface area contributed by atoms with Crippen molar-refractivity contribution in [2.45, 2.75) is 24.9 Å². The van der Waals surface area contributed by atoms with Gasteiger partial charge in [0.15, 0.2) is 0 Å². The van der Waals surface area contributed by atoms with Crippen LogP contribution in [0.15, 0.2) is 24.5 Å². The summed E-state index contributed by atoms with van der Waals surface area (Å²) in [5.74, 6) is -3.18. The first-order valence-electron chi connectivity index (χ1n) is 5.35. The molecule has 1 unspecified atom stereocenters. The van der Waals surface area contributed by atoms with Gasteiger partial charge in [-0.1, -0.05) is 6.07 Å². The molecule has 8 heteroatoms. The van der Waals surface area contributed by atoms with E-state index in [9.17, 15) is 13.6 Å². The molecule has 0 bridgehead atoms. The molecule has 0 saturated carbocycles. The Morgan fingerprint density at radius 3 is 2.79 bits per heavy atom. The number of hydrogen-bond acceptors (Lipinski definition) is 3. The second-order valence-corrected chi connectivity index (χ2v) is 4.07. The summed E-state index contributed by atoms with van der Waals surface area (Å²) in [6.07, 6.45) is 2.81. The average Bonchev–Trinajstić information content (AvgIpc) is 2.68. The van der Waals surface area contributed by atoms with Crippen LogP contribution in [0.5, 0.6) is 0 Å². The molecule has 108 valence electrons. The van der Waals surface area contributed by atoms with Crippen molar-refractivity contribution in [3.8, 4) is 0 Å². The second-order valence-electron chi connectivity index (χ2n) is 4.07. The molecular weight excluding hydrogens is 299 g/mol. The minimum absolute atomic E-state index is 0.